The highest BCUT2D eigenvalue weighted by Gasteiger charge is 2.53. The Morgan fingerprint density at radius 2 is 1.84 bits per heavy atom. The fourth-order valence-corrected chi connectivity index (χ4v) is 9.37. The number of ketones is 1. The Hall–Kier alpha value is -3.82. The lowest BCUT2D eigenvalue weighted by molar-refractivity contribution is -0.296. The smallest absolute Gasteiger partial charge is 0.316 e. The third-order valence-electron chi connectivity index (χ3n) is 12.0. The van der Waals surface area contributed by atoms with Crippen LogP contribution in [0.15, 0.2) is 28.5 Å². The molecule has 0 radical (unpaired) electrons. The summed E-state index contributed by atoms with van der Waals surface area (Å²) in [4.78, 5) is 62.2. The molecule has 5 heterocycles. The fraction of sp³-hybridized carbons (Fsp3) is 0.714. The number of amides is 1. The molecule has 5 rings (SSSR count). The molecule has 0 saturated carbocycles. The number of fused-ring (bicyclic) bond motifs is 5. The quantitative estimate of drug-likeness (QED) is 0.195. The average Bonchev–Trinajstić information content (AvgIpc) is 3.64. The summed E-state index contributed by atoms with van der Waals surface area (Å²) in [5.41, 5.74) is 4.36. The molecule has 3 aliphatic heterocycles. The van der Waals surface area contributed by atoms with Gasteiger partial charge in [0.05, 0.1) is 42.8 Å². The number of esters is 1. The van der Waals surface area contributed by atoms with Crippen LogP contribution in [0.2, 0.25) is 0 Å². The number of cyclic esters (lactones) is 1. The standard InChI is InChI=1S/C42H63N7O11S/c1-12-31-42(9,54)36-23(4)32(45-26(7)50)21(2)16-41(8,56-19-29(18-55-36)47-57-20-28-14-13-27(17-44-28)37-46-40(43)48-61-37)35(24(5)33(51)25(6)38(53)59-31)60-39-34(52)30(49(10)11)15-22(3)58-39/h13-14,17,21-25,30-31,34-36,39,52,54H,12,15-16,18-20H2,1-11H3,(H2,43,48)/b45-32?,47-29+/t21-,22-,23+,24+,25-,30+,31-,34-,35-,36+,39+,41-,42-/m1/s1. The summed E-state index contributed by atoms with van der Waals surface area (Å²) < 4.78 is 36.5. The van der Waals surface area contributed by atoms with Crippen LogP contribution in [0.1, 0.15) is 87.3 Å². The number of anilines is 1. The van der Waals surface area contributed by atoms with Crippen LogP contribution in [0.5, 0.6) is 0 Å². The third kappa shape index (κ3) is 11.2. The third-order valence-corrected chi connectivity index (χ3v) is 12.8. The predicted octanol–water partition coefficient (Wildman–Crippen LogP) is 3.62. The number of aliphatic imine (C=N–C) groups is 1. The molecule has 338 valence electrons. The van der Waals surface area contributed by atoms with E-state index in [1.54, 1.807) is 40.0 Å². The molecule has 18 nitrogen and oxygen atoms in total. The molecular weight excluding hydrogens is 811 g/mol. The topological polar surface area (TPSA) is 240 Å². The Bertz CT molecular complexity index is 1910. The van der Waals surface area contributed by atoms with Crippen LogP contribution < -0.4 is 5.73 Å². The first kappa shape index (κ1) is 48.2. The molecule has 61 heavy (non-hydrogen) atoms. The monoisotopic (exact) mass is 873 g/mol. The van der Waals surface area contributed by atoms with Crippen LogP contribution in [0.4, 0.5) is 5.95 Å². The number of rotatable bonds is 8. The maximum atomic E-state index is 14.5. The van der Waals surface area contributed by atoms with Gasteiger partial charge in [0.15, 0.2) is 18.7 Å². The molecule has 0 aliphatic carbocycles. The number of oxime groups is 1. The molecule has 0 spiro atoms. The number of nitrogens with zero attached hydrogens (tertiary/aromatic N) is 6. The van der Waals surface area contributed by atoms with Crippen molar-refractivity contribution < 1.29 is 53.1 Å². The van der Waals surface area contributed by atoms with E-state index in [-0.39, 0.29) is 56.5 Å². The van der Waals surface area contributed by atoms with Crippen LogP contribution >= 0.6 is 11.5 Å². The molecule has 3 saturated heterocycles. The van der Waals surface area contributed by atoms with Gasteiger partial charge in [-0.2, -0.15) is 9.36 Å². The number of aliphatic hydroxyl groups is 2. The van der Waals surface area contributed by atoms with Crippen molar-refractivity contribution in [2.75, 3.05) is 33.0 Å². The van der Waals surface area contributed by atoms with Gasteiger partial charge in [0, 0.05) is 42.3 Å². The van der Waals surface area contributed by atoms with Crippen molar-refractivity contribution in [3.8, 4) is 10.6 Å². The minimum absolute atomic E-state index is 0.0333. The number of hydrogen-bond donors (Lipinski definition) is 3. The lowest BCUT2D eigenvalue weighted by Crippen LogP contribution is -2.60. The van der Waals surface area contributed by atoms with Gasteiger partial charge >= 0.3 is 5.97 Å². The highest BCUT2D eigenvalue weighted by Crippen LogP contribution is 2.40. The SMILES string of the molecule is CC[C@H]1OC(=O)[C@H](C)C(=O)[C@H](C)[C@@H](O[C@@H]2O[C@H](C)C[C@H](N(C)C)[C@H]2O)[C@@]2(C)C[C@@H](C)C(=NC(C)=O)[C@H](C)[C@H](OC/C(=N\OCc3ccc(-c4nc(N)ns4)cn3)CO2)[C@]1(C)O. The van der Waals surface area contributed by atoms with E-state index in [0.717, 1.165) is 17.1 Å². The van der Waals surface area contributed by atoms with Crippen LogP contribution in [0.25, 0.3) is 10.6 Å². The van der Waals surface area contributed by atoms with Gasteiger partial charge in [0.25, 0.3) is 0 Å². The Labute approximate surface area is 361 Å². The van der Waals surface area contributed by atoms with E-state index in [0.29, 0.717) is 22.8 Å². The van der Waals surface area contributed by atoms with Crippen LogP contribution in [-0.4, -0.2) is 140 Å². The molecule has 0 unspecified atom stereocenters. The van der Waals surface area contributed by atoms with Gasteiger partial charge < -0.3 is 49.4 Å². The molecule has 3 aliphatic rings. The van der Waals surface area contributed by atoms with E-state index in [2.05, 4.69) is 24.5 Å². The maximum absolute atomic E-state index is 14.5. The van der Waals surface area contributed by atoms with Crippen molar-refractivity contribution in [3.05, 3.63) is 24.0 Å². The Morgan fingerprint density at radius 3 is 2.44 bits per heavy atom. The lowest BCUT2D eigenvalue weighted by Gasteiger charge is -2.47. The van der Waals surface area contributed by atoms with Gasteiger partial charge in [0.1, 0.15) is 34.4 Å². The van der Waals surface area contributed by atoms with Crippen molar-refractivity contribution in [1.29, 1.82) is 0 Å². The Kier molecular flexibility index (Phi) is 15.9. The van der Waals surface area contributed by atoms with E-state index in [1.165, 1.54) is 20.8 Å². The second-order valence-electron chi connectivity index (χ2n) is 17.3. The number of Topliss-reactive ketones (excluding diaryl/α,β-unsaturated/α-hetero) is 1. The van der Waals surface area contributed by atoms with Gasteiger partial charge in [-0.25, -0.2) is 4.99 Å². The van der Waals surface area contributed by atoms with Crippen molar-refractivity contribution in [1.82, 2.24) is 19.2 Å². The first-order chi connectivity index (χ1) is 28.7. The summed E-state index contributed by atoms with van der Waals surface area (Å²) in [6.07, 6.45) is -3.60. The molecule has 19 heteroatoms. The number of aliphatic hydroxyl groups excluding tert-OH is 1. The first-order valence-electron chi connectivity index (χ1n) is 20.8. The molecule has 3 fully saturated rings. The molecular formula is C42H63N7O11S. The summed E-state index contributed by atoms with van der Waals surface area (Å²) in [6, 6.07) is 3.25. The van der Waals surface area contributed by atoms with Crippen molar-refractivity contribution in [2.24, 2.45) is 33.8 Å². The minimum atomic E-state index is -1.87. The Morgan fingerprint density at radius 1 is 1.11 bits per heavy atom. The molecule has 13 atom stereocenters. The highest BCUT2D eigenvalue weighted by atomic mass is 32.1. The predicted molar refractivity (Wildman–Crippen MR) is 226 cm³/mol. The van der Waals surface area contributed by atoms with Crippen molar-refractivity contribution in [3.63, 3.8) is 0 Å². The second kappa shape index (κ2) is 20.1. The Balaban J connectivity index is 1.63. The van der Waals surface area contributed by atoms with Gasteiger partial charge in [0.2, 0.25) is 11.9 Å². The number of hydrogen-bond acceptors (Lipinski definition) is 18. The number of carbonyl (C=O) groups excluding carboxylic acids is 3. The zero-order valence-electron chi connectivity index (χ0n) is 37.1. The van der Waals surface area contributed by atoms with E-state index < -0.39 is 83.2 Å². The zero-order valence-corrected chi connectivity index (χ0v) is 37.9. The summed E-state index contributed by atoms with van der Waals surface area (Å²) in [6.45, 7) is 14.6. The summed E-state index contributed by atoms with van der Waals surface area (Å²) >= 11 is 1.16. The molecule has 2 bridgehead atoms. The van der Waals surface area contributed by atoms with Gasteiger partial charge in [-0.05, 0) is 90.6 Å². The minimum Gasteiger partial charge on any atom is -0.459 e. The number of nitrogen functional groups attached to an aromatic ring is 1. The summed E-state index contributed by atoms with van der Waals surface area (Å²) in [7, 11) is 3.72. The number of ether oxygens (including phenoxy) is 5. The van der Waals surface area contributed by atoms with Gasteiger partial charge in [-0.1, -0.05) is 32.9 Å². The molecule has 2 aromatic rings. The fourth-order valence-electron chi connectivity index (χ4n) is 8.78. The number of aromatic nitrogens is 3. The van der Waals surface area contributed by atoms with Crippen LogP contribution in [0.3, 0.4) is 0 Å². The number of carbonyl (C=O) groups is 3. The van der Waals surface area contributed by atoms with Gasteiger partial charge in [-0.15, -0.1) is 0 Å². The number of nitrogens with two attached hydrogens (primary N) is 1. The van der Waals surface area contributed by atoms with Crippen LogP contribution in [0, 0.1) is 23.7 Å². The summed E-state index contributed by atoms with van der Waals surface area (Å²) in [5.74, 6) is -5.23. The van der Waals surface area contributed by atoms with Gasteiger partial charge in [-0.3, -0.25) is 19.4 Å². The number of likely N-dealkylation sites (N-methyl/N-ethyl adjacent to an activating group) is 1. The normalized spacial score (nSPS) is 37.2. The molecule has 2 aromatic heterocycles. The van der Waals surface area contributed by atoms with E-state index in [1.807, 2.05) is 38.9 Å². The van der Waals surface area contributed by atoms with Crippen molar-refractivity contribution in [2.45, 2.75) is 142 Å². The molecule has 1 amide bonds. The van der Waals surface area contributed by atoms with Crippen molar-refractivity contribution >= 4 is 46.6 Å². The van der Waals surface area contributed by atoms with E-state index in [4.69, 9.17) is 34.3 Å². The first-order valence-corrected chi connectivity index (χ1v) is 21.6. The van der Waals surface area contributed by atoms with E-state index in [9.17, 15) is 24.6 Å². The second-order valence-corrected chi connectivity index (χ2v) is 18.1. The molecule has 0 aromatic carbocycles. The molecule has 4 N–H and O–H groups in total. The maximum Gasteiger partial charge on any atom is 0.316 e. The van der Waals surface area contributed by atoms with Crippen LogP contribution in [-0.2, 0) is 49.5 Å². The zero-order chi connectivity index (χ0) is 45.0. The van der Waals surface area contributed by atoms with E-state index >= 15 is 0 Å². The largest absolute Gasteiger partial charge is 0.459 e. The average molecular weight is 874 g/mol. The lowest BCUT2D eigenvalue weighted by atomic mass is 9.73. The number of pyridine rings is 1. The highest BCUT2D eigenvalue weighted by molar-refractivity contribution is 7.09. The summed E-state index contributed by atoms with van der Waals surface area (Å²) in [5, 5.41) is 29.2.